The summed E-state index contributed by atoms with van der Waals surface area (Å²) in [4.78, 5) is 17.9. The van der Waals surface area contributed by atoms with E-state index >= 15 is 0 Å². The summed E-state index contributed by atoms with van der Waals surface area (Å²) in [7, 11) is 0. The summed E-state index contributed by atoms with van der Waals surface area (Å²) in [6, 6.07) is 33.5. The lowest BCUT2D eigenvalue weighted by atomic mass is 9.65. The van der Waals surface area contributed by atoms with Gasteiger partial charge in [0.05, 0.1) is 5.52 Å². The molecule has 1 saturated carbocycles. The van der Waals surface area contributed by atoms with E-state index in [9.17, 15) is 4.79 Å². The normalized spacial score (nSPS) is 21.9. The topological polar surface area (TPSA) is 30.0 Å². The molecule has 4 aromatic rings. The summed E-state index contributed by atoms with van der Waals surface area (Å²) < 4.78 is 0. The second-order valence-corrected chi connectivity index (χ2v) is 7.94. The zero-order chi connectivity index (χ0) is 19.6. The molecule has 0 saturated heterocycles. The Morgan fingerprint density at radius 2 is 1.17 bits per heavy atom. The highest BCUT2D eigenvalue weighted by Gasteiger charge is 2.40. The highest BCUT2D eigenvalue weighted by molar-refractivity contribution is 5.82. The van der Waals surface area contributed by atoms with Crippen LogP contribution in [0, 0.1) is 0 Å². The molecule has 1 aliphatic rings. The van der Waals surface area contributed by atoms with Gasteiger partial charge in [-0.3, -0.25) is 9.78 Å². The van der Waals surface area contributed by atoms with E-state index in [4.69, 9.17) is 4.98 Å². The lowest BCUT2D eigenvalue weighted by molar-refractivity contribution is -0.121. The highest BCUT2D eigenvalue weighted by atomic mass is 16.1. The molecular formula is C27H23NO. The molecule has 0 amide bonds. The predicted molar refractivity (Wildman–Crippen MR) is 117 cm³/mol. The second-order valence-electron chi connectivity index (χ2n) is 7.94. The van der Waals surface area contributed by atoms with Gasteiger partial charge in [-0.15, -0.1) is 0 Å². The molecule has 2 heteroatoms. The molecule has 0 spiro atoms. The molecule has 1 heterocycles. The van der Waals surface area contributed by atoms with Crippen LogP contribution in [-0.2, 0) is 4.79 Å². The van der Waals surface area contributed by atoms with Gasteiger partial charge in [-0.05, 0) is 35.1 Å². The minimum atomic E-state index is 0.135. The Morgan fingerprint density at radius 1 is 0.621 bits per heavy atom. The maximum absolute atomic E-state index is 12.8. The Bertz CT molecular complexity index is 1090. The molecule has 2 nitrogen and oxygen atoms in total. The third-order valence-electron chi connectivity index (χ3n) is 6.18. The molecule has 1 aliphatic carbocycles. The number of para-hydroxylation sites is 1. The number of carbonyl (C=O) groups is 1. The molecule has 29 heavy (non-hydrogen) atoms. The number of rotatable bonds is 3. The molecule has 1 fully saturated rings. The van der Waals surface area contributed by atoms with E-state index in [1.54, 1.807) is 0 Å². The van der Waals surface area contributed by atoms with Gasteiger partial charge in [-0.1, -0.05) is 84.9 Å². The van der Waals surface area contributed by atoms with Gasteiger partial charge in [0.1, 0.15) is 5.78 Å². The van der Waals surface area contributed by atoms with Gasteiger partial charge < -0.3 is 0 Å². The van der Waals surface area contributed by atoms with E-state index in [1.165, 1.54) is 11.1 Å². The van der Waals surface area contributed by atoms with E-state index < -0.39 is 0 Å². The summed E-state index contributed by atoms with van der Waals surface area (Å²) in [6.07, 6.45) is 1.15. The predicted octanol–water partition coefficient (Wildman–Crippen LogP) is 6.25. The molecular weight excluding hydrogens is 354 g/mol. The number of fused-ring (bicyclic) bond motifs is 1. The van der Waals surface area contributed by atoms with Gasteiger partial charge in [0.2, 0.25) is 0 Å². The first kappa shape index (κ1) is 17.8. The van der Waals surface area contributed by atoms with Crippen LogP contribution in [0.5, 0.6) is 0 Å². The van der Waals surface area contributed by atoms with Crippen molar-refractivity contribution in [2.75, 3.05) is 0 Å². The molecule has 0 bridgehead atoms. The van der Waals surface area contributed by atoms with Crippen molar-refractivity contribution in [3.63, 3.8) is 0 Å². The number of benzene rings is 3. The van der Waals surface area contributed by atoms with E-state index in [0.29, 0.717) is 18.6 Å². The van der Waals surface area contributed by atoms with E-state index in [2.05, 4.69) is 72.8 Å². The van der Waals surface area contributed by atoms with Crippen LogP contribution in [0.2, 0.25) is 0 Å². The molecule has 142 valence electrons. The average Bonchev–Trinajstić information content (AvgIpc) is 2.79. The number of hydrogen-bond donors (Lipinski definition) is 0. The van der Waals surface area contributed by atoms with Crippen molar-refractivity contribution < 1.29 is 4.79 Å². The summed E-state index contributed by atoms with van der Waals surface area (Å²) in [6.45, 7) is 0. The van der Waals surface area contributed by atoms with Crippen LogP contribution in [-0.4, -0.2) is 10.8 Å². The van der Waals surface area contributed by atoms with Crippen LogP contribution in [0.1, 0.15) is 47.4 Å². The van der Waals surface area contributed by atoms with E-state index in [0.717, 1.165) is 16.6 Å². The maximum Gasteiger partial charge on any atom is 0.134 e. The fourth-order valence-electron chi connectivity index (χ4n) is 4.84. The lowest BCUT2D eigenvalue weighted by Crippen LogP contribution is -2.29. The van der Waals surface area contributed by atoms with Gasteiger partial charge in [0.15, 0.2) is 0 Å². The SMILES string of the molecule is O=C1CC(c2ccccc2)C(c2ccc3ccccc3n2)C(c2ccccc2)C1. The van der Waals surface area contributed by atoms with Gasteiger partial charge in [-0.2, -0.15) is 0 Å². The first-order valence-electron chi connectivity index (χ1n) is 10.3. The number of pyridine rings is 1. The third-order valence-corrected chi connectivity index (χ3v) is 6.18. The minimum absolute atomic E-state index is 0.135. The van der Waals surface area contributed by atoms with Gasteiger partial charge in [0.25, 0.3) is 0 Å². The fourth-order valence-corrected chi connectivity index (χ4v) is 4.84. The number of Topliss-reactive ketones (excluding diaryl/α,β-unsaturated/α-hetero) is 1. The standard InChI is InChI=1S/C27H23NO/c29-22-17-23(19-9-3-1-4-10-19)27(24(18-22)20-11-5-2-6-12-20)26-16-15-21-13-7-8-14-25(21)28-26/h1-16,23-24,27H,17-18H2. The molecule has 3 aromatic carbocycles. The smallest absolute Gasteiger partial charge is 0.134 e. The number of nitrogens with zero attached hydrogens (tertiary/aromatic N) is 1. The van der Waals surface area contributed by atoms with Crippen molar-refractivity contribution >= 4 is 16.7 Å². The molecule has 0 N–H and O–H groups in total. The van der Waals surface area contributed by atoms with E-state index in [-0.39, 0.29) is 17.8 Å². The monoisotopic (exact) mass is 377 g/mol. The molecule has 1 aromatic heterocycles. The quantitative estimate of drug-likeness (QED) is 0.422. The molecule has 2 atom stereocenters. The Kier molecular flexibility index (Phi) is 4.69. The van der Waals surface area contributed by atoms with Crippen LogP contribution in [0.3, 0.4) is 0 Å². The highest BCUT2D eigenvalue weighted by Crippen LogP contribution is 2.50. The van der Waals surface area contributed by atoms with Crippen molar-refractivity contribution in [1.82, 2.24) is 4.98 Å². The zero-order valence-electron chi connectivity index (χ0n) is 16.2. The second kappa shape index (κ2) is 7.63. The van der Waals surface area contributed by atoms with Gasteiger partial charge in [-0.25, -0.2) is 0 Å². The summed E-state index contributed by atoms with van der Waals surface area (Å²) in [5, 5.41) is 1.15. The largest absolute Gasteiger partial charge is 0.300 e. The van der Waals surface area contributed by atoms with Crippen LogP contribution in [0.15, 0.2) is 97.1 Å². The molecule has 0 aliphatic heterocycles. The summed E-state index contributed by atoms with van der Waals surface area (Å²) in [5.41, 5.74) is 4.54. The lowest BCUT2D eigenvalue weighted by Gasteiger charge is -2.38. The Labute approximate surface area is 171 Å². The number of ketones is 1. The van der Waals surface area contributed by atoms with Crippen LogP contribution < -0.4 is 0 Å². The van der Waals surface area contributed by atoms with Crippen LogP contribution in [0.25, 0.3) is 10.9 Å². The maximum atomic E-state index is 12.8. The summed E-state index contributed by atoms with van der Waals surface area (Å²) >= 11 is 0. The Balaban J connectivity index is 1.67. The van der Waals surface area contributed by atoms with Gasteiger partial charge >= 0.3 is 0 Å². The number of carbonyl (C=O) groups excluding carboxylic acids is 1. The Morgan fingerprint density at radius 3 is 1.79 bits per heavy atom. The van der Waals surface area contributed by atoms with Crippen LogP contribution >= 0.6 is 0 Å². The van der Waals surface area contributed by atoms with Crippen molar-refractivity contribution in [2.45, 2.75) is 30.6 Å². The molecule has 5 rings (SSSR count). The van der Waals surface area contributed by atoms with Crippen LogP contribution in [0.4, 0.5) is 0 Å². The number of hydrogen-bond acceptors (Lipinski definition) is 2. The molecule has 0 radical (unpaired) electrons. The van der Waals surface area contributed by atoms with E-state index in [1.807, 2.05) is 24.3 Å². The minimum Gasteiger partial charge on any atom is -0.300 e. The Hall–Kier alpha value is -3.26. The van der Waals surface area contributed by atoms with Crippen molar-refractivity contribution in [1.29, 1.82) is 0 Å². The number of aromatic nitrogens is 1. The first-order chi connectivity index (χ1) is 14.3. The van der Waals surface area contributed by atoms with Crippen molar-refractivity contribution in [3.05, 3.63) is 114 Å². The first-order valence-corrected chi connectivity index (χ1v) is 10.3. The third kappa shape index (κ3) is 3.47. The summed E-state index contributed by atoms with van der Waals surface area (Å²) in [5.74, 6) is 0.777. The average molecular weight is 377 g/mol. The fraction of sp³-hybridized carbons (Fsp3) is 0.185. The van der Waals surface area contributed by atoms with Gasteiger partial charge in [0, 0.05) is 29.8 Å². The van der Waals surface area contributed by atoms with Crippen molar-refractivity contribution in [3.8, 4) is 0 Å². The zero-order valence-corrected chi connectivity index (χ0v) is 16.2. The van der Waals surface area contributed by atoms with Crippen molar-refractivity contribution in [2.24, 2.45) is 0 Å². The molecule has 2 unspecified atom stereocenters.